The smallest absolute Gasteiger partial charge is 0.327 e. The van der Waals surface area contributed by atoms with E-state index in [1.165, 1.54) is 0 Å². The molecule has 28 heavy (non-hydrogen) atoms. The molecule has 0 spiro atoms. The Labute approximate surface area is 165 Å². The normalized spacial score (nSPS) is 14.9. The van der Waals surface area contributed by atoms with Gasteiger partial charge in [-0.3, -0.25) is 19.2 Å². The summed E-state index contributed by atoms with van der Waals surface area (Å²) < 4.78 is 0. The summed E-state index contributed by atoms with van der Waals surface area (Å²) in [6, 6.07) is -5.70. The number of aliphatic hydroxyl groups excluding tert-OH is 2. The van der Waals surface area contributed by atoms with Gasteiger partial charge in [-0.1, -0.05) is 0 Å². The maximum atomic E-state index is 12.1. The first-order valence-corrected chi connectivity index (χ1v) is 8.64. The lowest BCUT2D eigenvalue weighted by Gasteiger charge is -2.23. The molecular weight excluding hydrogens is 400 g/mol. The fourth-order valence-corrected chi connectivity index (χ4v) is 2.05. The summed E-state index contributed by atoms with van der Waals surface area (Å²) in [7, 11) is 0. The van der Waals surface area contributed by atoms with Crippen LogP contribution in [-0.2, 0) is 24.0 Å². The first kappa shape index (κ1) is 25.6. The van der Waals surface area contributed by atoms with Crippen LogP contribution >= 0.6 is 12.6 Å². The molecule has 0 aromatic heterocycles. The Morgan fingerprint density at radius 1 is 0.821 bits per heavy atom. The molecule has 0 aliphatic carbocycles. The van der Waals surface area contributed by atoms with Crippen molar-refractivity contribution in [1.29, 1.82) is 0 Å². The van der Waals surface area contributed by atoms with Crippen molar-refractivity contribution in [2.45, 2.75) is 37.0 Å². The quantitative estimate of drug-likeness (QED) is 0.129. The molecule has 14 heteroatoms. The molecule has 0 aromatic rings. The molecule has 160 valence electrons. The van der Waals surface area contributed by atoms with E-state index in [1.807, 2.05) is 0 Å². The highest BCUT2D eigenvalue weighted by atomic mass is 32.1. The van der Waals surface area contributed by atoms with Gasteiger partial charge in [0.1, 0.15) is 18.1 Å². The molecule has 0 heterocycles. The number of carbonyl (C=O) groups is 5. The minimum Gasteiger partial charge on any atom is -0.481 e. The first-order chi connectivity index (χ1) is 13.1. The van der Waals surface area contributed by atoms with Crippen molar-refractivity contribution in [2.75, 3.05) is 19.0 Å². The molecule has 9 N–H and O–H groups in total. The third-order valence-corrected chi connectivity index (χ3v) is 3.80. The van der Waals surface area contributed by atoms with Gasteiger partial charge >= 0.3 is 11.9 Å². The molecule has 0 rings (SSSR count). The highest BCUT2D eigenvalue weighted by molar-refractivity contribution is 7.80. The van der Waals surface area contributed by atoms with Crippen LogP contribution in [0, 0.1) is 0 Å². The lowest BCUT2D eigenvalue weighted by molar-refractivity contribution is -0.142. The van der Waals surface area contributed by atoms with Crippen LogP contribution in [0.4, 0.5) is 0 Å². The minimum absolute atomic E-state index is 0.205. The van der Waals surface area contributed by atoms with Crippen molar-refractivity contribution in [3.63, 3.8) is 0 Å². The van der Waals surface area contributed by atoms with Gasteiger partial charge in [-0.15, -0.1) is 0 Å². The Bertz CT molecular complexity index is 589. The van der Waals surface area contributed by atoms with Crippen LogP contribution in [-0.4, -0.2) is 93.2 Å². The first-order valence-electron chi connectivity index (χ1n) is 8.01. The van der Waals surface area contributed by atoms with Crippen LogP contribution in [0.25, 0.3) is 0 Å². The lowest BCUT2D eigenvalue weighted by Crippen LogP contribution is -2.59. The molecule has 0 saturated carbocycles. The van der Waals surface area contributed by atoms with E-state index in [0.29, 0.717) is 0 Å². The topological polar surface area (TPSA) is 228 Å². The Balaban J connectivity index is 4.86. The molecule has 3 amide bonds. The molecule has 0 bridgehead atoms. The zero-order chi connectivity index (χ0) is 21.9. The second-order valence-electron chi connectivity index (χ2n) is 5.61. The van der Waals surface area contributed by atoms with Gasteiger partial charge in [0.15, 0.2) is 0 Å². The molecule has 0 aliphatic heterocycles. The number of aliphatic hydroxyl groups is 2. The van der Waals surface area contributed by atoms with Crippen LogP contribution < -0.4 is 21.7 Å². The zero-order valence-electron chi connectivity index (χ0n) is 14.7. The molecule has 0 saturated heterocycles. The van der Waals surface area contributed by atoms with Gasteiger partial charge < -0.3 is 42.1 Å². The Kier molecular flexibility index (Phi) is 11.8. The maximum absolute atomic E-state index is 12.1. The second-order valence-corrected chi connectivity index (χ2v) is 5.97. The molecule has 0 radical (unpaired) electrons. The maximum Gasteiger partial charge on any atom is 0.327 e. The molecule has 0 aromatic carbocycles. The highest BCUT2D eigenvalue weighted by Crippen LogP contribution is 1.97. The third-order valence-electron chi connectivity index (χ3n) is 3.43. The average Bonchev–Trinajstić information content (AvgIpc) is 2.65. The van der Waals surface area contributed by atoms with Crippen molar-refractivity contribution >= 4 is 42.3 Å². The van der Waals surface area contributed by atoms with Gasteiger partial charge in [-0.05, 0) is 6.42 Å². The molecule has 13 nitrogen and oxygen atoms in total. The largest absolute Gasteiger partial charge is 0.481 e. The van der Waals surface area contributed by atoms with E-state index >= 15 is 0 Å². The van der Waals surface area contributed by atoms with Gasteiger partial charge in [0, 0.05) is 12.2 Å². The van der Waals surface area contributed by atoms with E-state index < -0.39 is 67.0 Å². The summed E-state index contributed by atoms with van der Waals surface area (Å²) in [5.74, 6) is -5.75. The number of carboxylic acids is 2. The van der Waals surface area contributed by atoms with Crippen molar-refractivity contribution in [3.8, 4) is 0 Å². The summed E-state index contributed by atoms with van der Waals surface area (Å²) >= 11 is 3.76. The van der Waals surface area contributed by atoms with Gasteiger partial charge in [0.2, 0.25) is 17.7 Å². The number of hydrogen-bond acceptors (Lipinski definition) is 9. The van der Waals surface area contributed by atoms with Crippen LogP contribution in [0.5, 0.6) is 0 Å². The number of nitrogens with one attached hydrogen (secondary N) is 3. The van der Waals surface area contributed by atoms with Crippen molar-refractivity contribution < 1.29 is 44.4 Å². The van der Waals surface area contributed by atoms with E-state index in [-0.39, 0.29) is 18.6 Å². The molecule has 0 aliphatic rings. The monoisotopic (exact) mass is 424 g/mol. The Morgan fingerprint density at radius 2 is 1.25 bits per heavy atom. The zero-order valence-corrected chi connectivity index (χ0v) is 15.6. The second kappa shape index (κ2) is 12.9. The third kappa shape index (κ3) is 8.98. The summed E-state index contributed by atoms with van der Waals surface area (Å²) in [6.45, 7) is -1.77. The van der Waals surface area contributed by atoms with E-state index in [4.69, 9.17) is 15.9 Å². The lowest BCUT2D eigenvalue weighted by atomic mass is 10.1. The molecular formula is C14H24N4O9S. The number of carboxylic acid groups (broad SMARTS) is 2. The number of nitrogens with two attached hydrogens (primary N) is 1. The van der Waals surface area contributed by atoms with Crippen LogP contribution in [0.1, 0.15) is 12.8 Å². The fourth-order valence-electron chi connectivity index (χ4n) is 1.81. The average molecular weight is 424 g/mol. The van der Waals surface area contributed by atoms with Crippen molar-refractivity contribution in [2.24, 2.45) is 5.73 Å². The highest BCUT2D eigenvalue weighted by Gasteiger charge is 2.29. The predicted molar refractivity (Wildman–Crippen MR) is 96.3 cm³/mol. The van der Waals surface area contributed by atoms with Crippen molar-refractivity contribution in [1.82, 2.24) is 16.0 Å². The SMILES string of the molecule is N[C@@H](CCC(=O)O)C(=O)N[C@@H](CO)C(=O)N[C@@H](CO)C(=O)N[C@@H](CS)C(=O)O. The van der Waals surface area contributed by atoms with Crippen LogP contribution in [0.2, 0.25) is 0 Å². The Morgan fingerprint density at radius 3 is 1.61 bits per heavy atom. The minimum atomic E-state index is -1.55. The number of thiol groups is 1. The number of hydrogen-bond donors (Lipinski definition) is 9. The predicted octanol–water partition coefficient (Wildman–Crippen LogP) is -4.37. The molecule has 0 fully saturated rings. The van der Waals surface area contributed by atoms with E-state index in [2.05, 4.69) is 28.6 Å². The molecule has 4 atom stereocenters. The van der Waals surface area contributed by atoms with Gasteiger partial charge in [-0.25, -0.2) is 4.79 Å². The molecule has 0 unspecified atom stereocenters. The van der Waals surface area contributed by atoms with Gasteiger partial charge in [0.25, 0.3) is 0 Å². The van der Waals surface area contributed by atoms with E-state index in [1.54, 1.807) is 0 Å². The summed E-state index contributed by atoms with van der Waals surface area (Å²) in [5.41, 5.74) is 5.49. The van der Waals surface area contributed by atoms with Crippen LogP contribution in [0.15, 0.2) is 0 Å². The van der Waals surface area contributed by atoms with E-state index in [9.17, 15) is 34.2 Å². The van der Waals surface area contributed by atoms with Crippen molar-refractivity contribution in [3.05, 3.63) is 0 Å². The van der Waals surface area contributed by atoms with E-state index in [0.717, 1.165) is 0 Å². The van der Waals surface area contributed by atoms with Gasteiger partial charge in [-0.2, -0.15) is 12.6 Å². The standard InChI is InChI=1S/C14H24N4O9S/c15-6(1-2-10(21)22)11(23)16-7(3-19)12(24)17-8(4-20)13(25)18-9(5-28)14(26)27/h6-9,19-20,28H,1-5,15H2,(H,16,23)(H,17,24)(H,18,25)(H,21,22)(H,26,27)/t6-,7-,8-,9-/m0/s1. The number of aliphatic carboxylic acids is 2. The van der Waals surface area contributed by atoms with Crippen LogP contribution in [0.3, 0.4) is 0 Å². The number of rotatable bonds is 13. The Hall–Kier alpha value is -2.42. The number of amides is 3. The summed E-state index contributed by atoms with van der Waals surface area (Å²) in [6.07, 6.45) is -0.587. The summed E-state index contributed by atoms with van der Waals surface area (Å²) in [4.78, 5) is 57.3. The number of carbonyl (C=O) groups excluding carboxylic acids is 3. The fraction of sp³-hybridized carbons (Fsp3) is 0.643. The summed E-state index contributed by atoms with van der Waals surface area (Å²) in [5, 5.41) is 42.1. The van der Waals surface area contributed by atoms with Gasteiger partial charge in [0.05, 0.1) is 19.3 Å².